The molecule has 0 saturated carbocycles. The molecule has 1 aromatic rings. The van der Waals surface area contributed by atoms with Crippen LogP contribution in [0.25, 0.3) is 0 Å². The van der Waals surface area contributed by atoms with Gasteiger partial charge in [0, 0.05) is 5.56 Å². The third-order valence-corrected chi connectivity index (χ3v) is 3.66. The molecule has 1 heterocycles. The van der Waals surface area contributed by atoms with Crippen LogP contribution in [0.5, 0.6) is 0 Å². The van der Waals surface area contributed by atoms with Gasteiger partial charge in [-0.1, -0.05) is 32.0 Å². The van der Waals surface area contributed by atoms with Crippen molar-refractivity contribution in [1.29, 1.82) is 0 Å². The SMILES string of the molecule is CC(C)C1c2ccccc2C(=O)N1C(CC(=O)O)C(=O)O. The first-order chi connectivity index (χ1) is 9.84. The summed E-state index contributed by atoms with van der Waals surface area (Å²) >= 11 is 0. The molecule has 0 spiro atoms. The van der Waals surface area contributed by atoms with Gasteiger partial charge < -0.3 is 15.1 Å². The monoisotopic (exact) mass is 291 g/mol. The van der Waals surface area contributed by atoms with E-state index in [2.05, 4.69) is 0 Å². The molecule has 21 heavy (non-hydrogen) atoms. The summed E-state index contributed by atoms with van der Waals surface area (Å²) in [5, 5.41) is 18.2. The number of hydrogen-bond acceptors (Lipinski definition) is 3. The normalized spacial score (nSPS) is 18.7. The number of rotatable bonds is 5. The number of carboxylic acids is 2. The van der Waals surface area contributed by atoms with E-state index in [1.54, 1.807) is 24.3 Å². The number of hydrogen-bond donors (Lipinski definition) is 2. The molecule has 0 bridgehead atoms. The maximum atomic E-state index is 12.5. The lowest BCUT2D eigenvalue weighted by atomic mass is 9.94. The molecule has 1 aromatic carbocycles. The van der Waals surface area contributed by atoms with Crippen molar-refractivity contribution < 1.29 is 24.6 Å². The highest BCUT2D eigenvalue weighted by molar-refractivity contribution is 6.01. The number of aliphatic carboxylic acids is 2. The third-order valence-electron chi connectivity index (χ3n) is 3.66. The highest BCUT2D eigenvalue weighted by atomic mass is 16.4. The number of benzene rings is 1. The van der Waals surface area contributed by atoms with Gasteiger partial charge in [0.05, 0.1) is 12.5 Å². The number of nitrogens with zero attached hydrogens (tertiary/aromatic N) is 1. The van der Waals surface area contributed by atoms with Gasteiger partial charge in [-0.3, -0.25) is 9.59 Å². The van der Waals surface area contributed by atoms with E-state index >= 15 is 0 Å². The summed E-state index contributed by atoms with van der Waals surface area (Å²) in [6.07, 6.45) is -0.613. The molecule has 2 rings (SSSR count). The van der Waals surface area contributed by atoms with Gasteiger partial charge in [0.15, 0.2) is 0 Å². The van der Waals surface area contributed by atoms with Crippen molar-refractivity contribution in [2.24, 2.45) is 5.92 Å². The first kappa shape index (κ1) is 15.0. The molecule has 1 aliphatic rings. The van der Waals surface area contributed by atoms with Crippen LogP contribution in [0.2, 0.25) is 0 Å². The molecule has 1 amide bonds. The Morgan fingerprint density at radius 3 is 2.38 bits per heavy atom. The van der Waals surface area contributed by atoms with Crippen molar-refractivity contribution >= 4 is 17.8 Å². The number of carboxylic acid groups (broad SMARTS) is 2. The van der Waals surface area contributed by atoms with Crippen LogP contribution >= 0.6 is 0 Å². The fraction of sp³-hybridized carbons (Fsp3) is 0.400. The van der Waals surface area contributed by atoms with Crippen LogP contribution < -0.4 is 0 Å². The van der Waals surface area contributed by atoms with Crippen molar-refractivity contribution in [3.8, 4) is 0 Å². The van der Waals surface area contributed by atoms with Gasteiger partial charge >= 0.3 is 11.9 Å². The minimum atomic E-state index is -1.37. The molecular formula is C15H17NO5. The van der Waals surface area contributed by atoms with Gasteiger partial charge in [0.1, 0.15) is 6.04 Å². The summed E-state index contributed by atoms with van der Waals surface area (Å²) < 4.78 is 0. The summed E-state index contributed by atoms with van der Waals surface area (Å²) in [6.45, 7) is 3.76. The van der Waals surface area contributed by atoms with E-state index < -0.39 is 36.4 Å². The highest BCUT2D eigenvalue weighted by Gasteiger charge is 2.45. The number of fused-ring (bicyclic) bond motifs is 1. The molecule has 0 radical (unpaired) electrons. The van der Waals surface area contributed by atoms with E-state index in [4.69, 9.17) is 5.11 Å². The van der Waals surface area contributed by atoms with Gasteiger partial charge in [0.2, 0.25) is 0 Å². The van der Waals surface area contributed by atoms with Crippen LogP contribution in [0.4, 0.5) is 0 Å². The van der Waals surface area contributed by atoms with Crippen LogP contribution in [-0.2, 0) is 9.59 Å². The summed E-state index contributed by atoms with van der Waals surface area (Å²) in [7, 11) is 0. The van der Waals surface area contributed by atoms with E-state index in [0.717, 1.165) is 5.56 Å². The third kappa shape index (κ3) is 2.61. The molecule has 112 valence electrons. The van der Waals surface area contributed by atoms with Crippen LogP contribution in [0.3, 0.4) is 0 Å². The smallest absolute Gasteiger partial charge is 0.327 e. The maximum Gasteiger partial charge on any atom is 0.327 e. The second kappa shape index (κ2) is 5.55. The van der Waals surface area contributed by atoms with E-state index in [0.29, 0.717) is 5.56 Å². The average Bonchev–Trinajstić information content (AvgIpc) is 2.69. The molecule has 0 saturated heterocycles. The summed E-state index contributed by atoms with van der Waals surface area (Å²) in [6, 6.07) is 5.15. The summed E-state index contributed by atoms with van der Waals surface area (Å²) in [5.74, 6) is -2.98. The molecule has 2 unspecified atom stereocenters. The lowest BCUT2D eigenvalue weighted by Crippen LogP contribution is -2.46. The number of amides is 1. The predicted molar refractivity (Wildman–Crippen MR) is 73.9 cm³/mol. The zero-order chi connectivity index (χ0) is 15.7. The molecule has 6 heteroatoms. The maximum absolute atomic E-state index is 12.5. The van der Waals surface area contributed by atoms with Crippen LogP contribution in [0.1, 0.15) is 42.2 Å². The minimum Gasteiger partial charge on any atom is -0.481 e. The highest BCUT2D eigenvalue weighted by Crippen LogP contribution is 2.40. The van der Waals surface area contributed by atoms with Crippen molar-refractivity contribution in [2.45, 2.75) is 32.4 Å². The van der Waals surface area contributed by atoms with Crippen molar-refractivity contribution in [2.75, 3.05) is 0 Å². The van der Waals surface area contributed by atoms with E-state index in [1.165, 1.54) is 4.90 Å². The summed E-state index contributed by atoms with van der Waals surface area (Å²) in [4.78, 5) is 36.1. The Bertz CT molecular complexity index is 595. The fourth-order valence-corrected chi connectivity index (χ4v) is 2.85. The average molecular weight is 291 g/mol. The molecule has 0 fully saturated rings. The van der Waals surface area contributed by atoms with Gasteiger partial charge in [-0.25, -0.2) is 4.79 Å². The Labute approximate surface area is 122 Å². The predicted octanol–water partition coefficient (Wildman–Crippen LogP) is 1.77. The Morgan fingerprint density at radius 1 is 1.24 bits per heavy atom. The van der Waals surface area contributed by atoms with Crippen molar-refractivity contribution in [3.05, 3.63) is 35.4 Å². The molecule has 0 aliphatic carbocycles. The first-order valence-corrected chi connectivity index (χ1v) is 6.70. The zero-order valence-corrected chi connectivity index (χ0v) is 11.8. The van der Waals surface area contributed by atoms with Gasteiger partial charge in [0.25, 0.3) is 5.91 Å². The van der Waals surface area contributed by atoms with Crippen LogP contribution in [0.15, 0.2) is 24.3 Å². The van der Waals surface area contributed by atoms with Crippen LogP contribution in [0, 0.1) is 5.92 Å². The second-order valence-corrected chi connectivity index (χ2v) is 5.44. The van der Waals surface area contributed by atoms with E-state index in [-0.39, 0.29) is 5.92 Å². The van der Waals surface area contributed by atoms with E-state index in [9.17, 15) is 19.5 Å². The first-order valence-electron chi connectivity index (χ1n) is 6.70. The topological polar surface area (TPSA) is 94.9 Å². The Morgan fingerprint density at radius 2 is 1.86 bits per heavy atom. The quantitative estimate of drug-likeness (QED) is 0.862. The zero-order valence-electron chi connectivity index (χ0n) is 11.8. The van der Waals surface area contributed by atoms with Crippen LogP contribution in [-0.4, -0.2) is 39.0 Å². The van der Waals surface area contributed by atoms with Gasteiger partial charge in [-0.15, -0.1) is 0 Å². The standard InChI is InChI=1S/C15H17NO5/c1-8(2)13-9-5-3-4-6-10(9)14(19)16(13)11(15(20)21)7-12(17)18/h3-6,8,11,13H,7H2,1-2H3,(H,17,18)(H,20,21). The lowest BCUT2D eigenvalue weighted by Gasteiger charge is -2.32. The molecule has 0 aromatic heterocycles. The Hall–Kier alpha value is -2.37. The Balaban J connectivity index is 2.49. The second-order valence-electron chi connectivity index (χ2n) is 5.44. The fourth-order valence-electron chi connectivity index (χ4n) is 2.85. The van der Waals surface area contributed by atoms with Gasteiger partial charge in [-0.05, 0) is 17.5 Å². The molecule has 2 N–H and O–H groups in total. The molecule has 1 aliphatic heterocycles. The van der Waals surface area contributed by atoms with Crippen molar-refractivity contribution in [3.63, 3.8) is 0 Å². The number of carbonyl (C=O) groups excluding carboxylic acids is 1. The largest absolute Gasteiger partial charge is 0.481 e. The summed E-state index contributed by atoms with van der Waals surface area (Å²) in [5.41, 5.74) is 1.21. The molecule has 2 atom stereocenters. The van der Waals surface area contributed by atoms with E-state index in [1.807, 2.05) is 13.8 Å². The Kier molecular flexibility index (Phi) is 3.97. The molecular weight excluding hydrogens is 274 g/mol. The molecule has 6 nitrogen and oxygen atoms in total. The minimum absolute atomic E-state index is 0.0201. The van der Waals surface area contributed by atoms with Crippen molar-refractivity contribution in [1.82, 2.24) is 4.90 Å². The van der Waals surface area contributed by atoms with Gasteiger partial charge in [-0.2, -0.15) is 0 Å². The lowest BCUT2D eigenvalue weighted by molar-refractivity contribution is -0.149. The number of carbonyl (C=O) groups is 3.